The summed E-state index contributed by atoms with van der Waals surface area (Å²) in [7, 11) is 4.11. The lowest BCUT2D eigenvalue weighted by atomic mass is 10.2. The van der Waals surface area contributed by atoms with Crippen molar-refractivity contribution in [3.63, 3.8) is 0 Å². The Bertz CT molecular complexity index is 46.8. The summed E-state index contributed by atoms with van der Waals surface area (Å²) in [5.41, 5.74) is 0. The van der Waals surface area contributed by atoms with Crippen molar-refractivity contribution < 1.29 is 0 Å². The summed E-state index contributed by atoms with van der Waals surface area (Å²) in [4.78, 5) is 2.12. The molecule has 0 amide bonds. The highest BCUT2D eigenvalue weighted by atomic mass is 15.0. The lowest BCUT2D eigenvalue weighted by molar-refractivity contribution is 0.434. The fourth-order valence-electron chi connectivity index (χ4n) is 0.500. The molecule has 0 aromatic carbocycles. The summed E-state index contributed by atoms with van der Waals surface area (Å²) in [6.45, 7) is 7.73. The van der Waals surface area contributed by atoms with Crippen LogP contribution in [0.5, 0.6) is 0 Å². The smallest absolute Gasteiger partial charge is 0.00533 e. The van der Waals surface area contributed by atoms with Gasteiger partial charge in [0.15, 0.2) is 0 Å². The van der Waals surface area contributed by atoms with E-state index in [1.54, 1.807) is 0 Å². The van der Waals surface area contributed by atoms with Gasteiger partial charge in [0.1, 0.15) is 0 Å². The molecule has 11 heavy (non-hydrogen) atoms. The first kappa shape index (κ1) is 13.5. The van der Waals surface area contributed by atoms with Crippen LogP contribution in [0.4, 0.5) is 0 Å². The van der Waals surface area contributed by atoms with Crippen molar-refractivity contribution in [2.24, 2.45) is 0 Å². The Kier molecular flexibility index (Phi) is 15.5. The van der Waals surface area contributed by atoms with Gasteiger partial charge in [-0.2, -0.15) is 0 Å². The van der Waals surface area contributed by atoms with Gasteiger partial charge in [-0.25, -0.2) is 0 Å². The van der Waals surface area contributed by atoms with Gasteiger partial charge in [-0.05, 0) is 20.6 Å². The zero-order valence-electron chi connectivity index (χ0n) is 8.98. The Hall–Kier alpha value is -0.0400. The molecule has 0 aliphatic carbocycles. The van der Waals surface area contributed by atoms with Crippen LogP contribution >= 0.6 is 0 Å². The average Bonchev–Trinajstić information content (AvgIpc) is 2.02. The summed E-state index contributed by atoms with van der Waals surface area (Å²) in [6.07, 6.45) is 5.54. The predicted octanol–water partition coefficient (Wildman–Crippen LogP) is 3.15. The first-order valence-corrected chi connectivity index (χ1v) is 4.83. The third-order valence-electron chi connectivity index (χ3n) is 1.59. The first-order valence-electron chi connectivity index (χ1n) is 4.83. The van der Waals surface area contributed by atoms with Gasteiger partial charge in [0.25, 0.3) is 0 Å². The molecule has 0 saturated carbocycles. The lowest BCUT2D eigenvalue weighted by Crippen LogP contribution is -2.08. The van der Waals surface area contributed by atoms with Crippen molar-refractivity contribution in [1.29, 1.82) is 0 Å². The highest BCUT2D eigenvalue weighted by Crippen LogP contribution is 1.95. The van der Waals surface area contributed by atoms with Crippen LogP contribution in [0.2, 0.25) is 0 Å². The van der Waals surface area contributed by atoms with Crippen molar-refractivity contribution in [3.05, 3.63) is 0 Å². The van der Waals surface area contributed by atoms with E-state index >= 15 is 0 Å². The number of rotatable bonds is 4. The van der Waals surface area contributed by atoms with Crippen LogP contribution in [0.1, 0.15) is 46.5 Å². The second-order valence-electron chi connectivity index (χ2n) is 3.10. The van der Waals surface area contributed by atoms with Crippen LogP contribution in [-0.2, 0) is 0 Å². The highest BCUT2D eigenvalue weighted by molar-refractivity contribution is 4.31. The summed E-state index contributed by atoms with van der Waals surface area (Å²) in [5, 5.41) is 0. The molecule has 0 bridgehead atoms. The Morgan fingerprint density at radius 2 is 1.09 bits per heavy atom. The summed E-state index contributed by atoms with van der Waals surface area (Å²) < 4.78 is 0. The van der Waals surface area contributed by atoms with E-state index in [9.17, 15) is 0 Å². The monoisotopic (exact) mass is 159 g/mol. The number of unbranched alkanes of at least 4 members (excludes halogenated alkanes) is 3. The van der Waals surface area contributed by atoms with Crippen molar-refractivity contribution in [1.82, 2.24) is 4.90 Å². The molecule has 0 heterocycles. The summed E-state index contributed by atoms with van der Waals surface area (Å²) in [6, 6.07) is 0. The second-order valence-corrected chi connectivity index (χ2v) is 3.10. The van der Waals surface area contributed by atoms with Crippen LogP contribution in [0, 0.1) is 0 Å². The molecule has 0 rings (SSSR count). The third-order valence-corrected chi connectivity index (χ3v) is 1.59. The fourth-order valence-corrected chi connectivity index (χ4v) is 0.500. The topological polar surface area (TPSA) is 3.24 Å². The Morgan fingerprint density at radius 3 is 1.18 bits per heavy atom. The first-order chi connectivity index (χ1) is 5.18. The average molecular weight is 159 g/mol. The van der Waals surface area contributed by atoms with E-state index in [0.717, 1.165) is 6.54 Å². The molecule has 0 aromatic heterocycles. The molecule has 0 aliphatic heterocycles. The van der Waals surface area contributed by atoms with E-state index in [2.05, 4.69) is 39.8 Å². The summed E-state index contributed by atoms with van der Waals surface area (Å²) in [5.74, 6) is 0. The minimum atomic E-state index is 1.14. The van der Waals surface area contributed by atoms with Gasteiger partial charge < -0.3 is 4.90 Å². The highest BCUT2D eigenvalue weighted by Gasteiger charge is 1.75. The maximum absolute atomic E-state index is 2.23. The van der Waals surface area contributed by atoms with E-state index in [4.69, 9.17) is 0 Å². The molecule has 0 spiro atoms. The minimum absolute atomic E-state index is 1.14. The molecular weight excluding hydrogens is 134 g/mol. The van der Waals surface area contributed by atoms with Crippen molar-refractivity contribution in [2.45, 2.75) is 46.5 Å². The quantitative estimate of drug-likeness (QED) is 0.570. The normalized spacial score (nSPS) is 9.27. The Labute approximate surface area is 72.8 Å². The van der Waals surface area contributed by atoms with E-state index in [1.165, 1.54) is 25.7 Å². The third kappa shape index (κ3) is 25.7. The van der Waals surface area contributed by atoms with E-state index in [0.29, 0.717) is 0 Å². The Balaban J connectivity index is 0. The maximum Gasteiger partial charge on any atom is -0.00533 e. The molecule has 0 atom stereocenters. The SMILES string of the molecule is CCCCCC.CCN(C)C. The fraction of sp³-hybridized carbons (Fsp3) is 1.00. The van der Waals surface area contributed by atoms with Gasteiger partial charge in [-0.15, -0.1) is 0 Å². The van der Waals surface area contributed by atoms with Crippen molar-refractivity contribution in [2.75, 3.05) is 20.6 Å². The number of hydrogen-bond acceptors (Lipinski definition) is 1. The molecular formula is C10H25N. The largest absolute Gasteiger partial charge is 0.310 e. The Morgan fingerprint density at radius 1 is 0.818 bits per heavy atom. The zero-order valence-corrected chi connectivity index (χ0v) is 8.98. The molecule has 0 fully saturated rings. The zero-order chi connectivity index (χ0) is 9.11. The number of nitrogens with zero attached hydrogens (tertiary/aromatic N) is 1. The van der Waals surface area contributed by atoms with Crippen molar-refractivity contribution >= 4 is 0 Å². The molecule has 0 radical (unpaired) electrons. The molecule has 1 nitrogen and oxygen atoms in total. The number of hydrogen-bond donors (Lipinski definition) is 0. The molecule has 0 aromatic rings. The van der Waals surface area contributed by atoms with Gasteiger partial charge >= 0.3 is 0 Å². The predicted molar refractivity (Wildman–Crippen MR) is 54.0 cm³/mol. The van der Waals surface area contributed by atoms with Gasteiger partial charge in [0, 0.05) is 0 Å². The molecule has 70 valence electrons. The van der Waals surface area contributed by atoms with Crippen LogP contribution in [-0.4, -0.2) is 25.5 Å². The van der Waals surface area contributed by atoms with Crippen LogP contribution in [0.15, 0.2) is 0 Å². The van der Waals surface area contributed by atoms with Gasteiger partial charge in [-0.3, -0.25) is 0 Å². The van der Waals surface area contributed by atoms with Gasteiger partial charge in [0.05, 0.1) is 0 Å². The standard InChI is InChI=1S/C6H14.C4H11N/c1-3-5-6-4-2;1-4-5(2)3/h3-6H2,1-2H3;4H2,1-3H3. The van der Waals surface area contributed by atoms with E-state index in [-0.39, 0.29) is 0 Å². The summed E-state index contributed by atoms with van der Waals surface area (Å²) >= 11 is 0. The van der Waals surface area contributed by atoms with E-state index in [1.807, 2.05) is 0 Å². The lowest BCUT2D eigenvalue weighted by Gasteiger charge is -2.00. The molecule has 0 N–H and O–H groups in total. The van der Waals surface area contributed by atoms with Gasteiger partial charge in [0.2, 0.25) is 0 Å². The second kappa shape index (κ2) is 12.6. The van der Waals surface area contributed by atoms with E-state index < -0.39 is 0 Å². The van der Waals surface area contributed by atoms with Gasteiger partial charge in [-0.1, -0.05) is 46.5 Å². The van der Waals surface area contributed by atoms with Crippen molar-refractivity contribution in [3.8, 4) is 0 Å². The maximum atomic E-state index is 2.23. The molecule has 1 heteroatoms. The molecule has 0 saturated heterocycles. The minimum Gasteiger partial charge on any atom is -0.310 e. The van der Waals surface area contributed by atoms with Crippen LogP contribution in [0.25, 0.3) is 0 Å². The van der Waals surface area contributed by atoms with Crippen LogP contribution in [0.3, 0.4) is 0 Å². The molecule has 0 unspecified atom stereocenters. The molecule has 0 aliphatic rings. The van der Waals surface area contributed by atoms with Crippen LogP contribution < -0.4 is 0 Å².